The van der Waals surface area contributed by atoms with Gasteiger partial charge in [-0.05, 0) is 55.5 Å². The van der Waals surface area contributed by atoms with E-state index in [1.807, 2.05) is 54.7 Å². The molecule has 5 nitrogen and oxygen atoms in total. The molecule has 0 saturated carbocycles. The second-order valence-corrected chi connectivity index (χ2v) is 5.82. The molecule has 3 heterocycles. The van der Waals surface area contributed by atoms with Crippen LogP contribution in [-0.4, -0.2) is 21.6 Å². The average molecular weight is 345 g/mol. The van der Waals surface area contributed by atoms with Crippen LogP contribution in [0.15, 0.2) is 71.6 Å². The molecule has 0 aliphatic heterocycles. The third kappa shape index (κ3) is 2.77. The Balaban J connectivity index is 1.97. The number of pyridine rings is 1. The van der Waals surface area contributed by atoms with E-state index in [-0.39, 0.29) is 0 Å². The van der Waals surface area contributed by atoms with Crippen LogP contribution in [0.5, 0.6) is 5.75 Å². The van der Waals surface area contributed by atoms with Gasteiger partial charge in [0.2, 0.25) is 0 Å². The zero-order chi connectivity index (χ0) is 17.9. The molecule has 26 heavy (non-hydrogen) atoms. The smallest absolute Gasteiger partial charge is 0.177 e. The van der Waals surface area contributed by atoms with Gasteiger partial charge in [-0.3, -0.25) is 4.98 Å². The zero-order valence-corrected chi connectivity index (χ0v) is 14.7. The fourth-order valence-corrected chi connectivity index (χ4v) is 3.10. The van der Waals surface area contributed by atoms with Crippen molar-refractivity contribution in [3.05, 3.63) is 67.2 Å². The summed E-state index contributed by atoms with van der Waals surface area (Å²) in [5, 5.41) is 0. The molecule has 4 aromatic rings. The largest absolute Gasteiger partial charge is 0.497 e. The predicted molar refractivity (Wildman–Crippen MR) is 101 cm³/mol. The van der Waals surface area contributed by atoms with E-state index in [1.165, 1.54) is 0 Å². The summed E-state index contributed by atoms with van der Waals surface area (Å²) in [6, 6.07) is 15.8. The van der Waals surface area contributed by atoms with Gasteiger partial charge in [0.15, 0.2) is 11.6 Å². The molecule has 1 aromatic carbocycles. The first-order valence-corrected chi connectivity index (χ1v) is 8.51. The van der Waals surface area contributed by atoms with Gasteiger partial charge < -0.3 is 13.7 Å². The van der Waals surface area contributed by atoms with Crippen LogP contribution in [0.4, 0.5) is 0 Å². The first-order valence-electron chi connectivity index (χ1n) is 8.51. The molecule has 0 aliphatic carbocycles. The number of aromatic nitrogens is 3. The Labute approximate surface area is 151 Å². The van der Waals surface area contributed by atoms with E-state index in [0.29, 0.717) is 0 Å². The van der Waals surface area contributed by atoms with Gasteiger partial charge in [-0.15, -0.1) is 0 Å². The summed E-state index contributed by atoms with van der Waals surface area (Å²) >= 11 is 0. The van der Waals surface area contributed by atoms with Gasteiger partial charge in [0.25, 0.3) is 0 Å². The highest BCUT2D eigenvalue weighted by Crippen LogP contribution is 2.36. The van der Waals surface area contributed by atoms with Crippen LogP contribution in [0.1, 0.15) is 6.92 Å². The summed E-state index contributed by atoms with van der Waals surface area (Å²) in [5.74, 6) is 2.38. The maximum Gasteiger partial charge on any atom is 0.177 e. The van der Waals surface area contributed by atoms with Crippen molar-refractivity contribution in [2.45, 2.75) is 13.5 Å². The van der Waals surface area contributed by atoms with E-state index in [4.69, 9.17) is 14.1 Å². The van der Waals surface area contributed by atoms with E-state index in [2.05, 4.69) is 16.5 Å². The summed E-state index contributed by atoms with van der Waals surface area (Å²) in [5.41, 5.74) is 3.96. The summed E-state index contributed by atoms with van der Waals surface area (Å²) in [6.07, 6.45) is 5.27. The van der Waals surface area contributed by atoms with Crippen LogP contribution in [-0.2, 0) is 6.54 Å². The first kappa shape index (κ1) is 16.1. The van der Waals surface area contributed by atoms with Crippen LogP contribution < -0.4 is 4.74 Å². The third-order valence-electron chi connectivity index (χ3n) is 4.32. The van der Waals surface area contributed by atoms with E-state index in [1.54, 1.807) is 19.6 Å². The number of furan rings is 1. The molecule has 0 atom stereocenters. The van der Waals surface area contributed by atoms with Crippen LogP contribution in [0, 0.1) is 0 Å². The minimum atomic E-state index is 0.747. The zero-order valence-electron chi connectivity index (χ0n) is 14.7. The topological polar surface area (TPSA) is 53.1 Å². The highest BCUT2D eigenvalue weighted by molar-refractivity contribution is 5.81. The molecule has 130 valence electrons. The number of nitrogens with zero attached hydrogens (tertiary/aromatic N) is 3. The Bertz CT molecular complexity index is 988. The van der Waals surface area contributed by atoms with Crippen LogP contribution in [0.2, 0.25) is 0 Å². The molecule has 4 rings (SSSR count). The molecule has 0 bridgehead atoms. The van der Waals surface area contributed by atoms with Gasteiger partial charge in [0.05, 0.1) is 24.8 Å². The molecule has 0 amide bonds. The van der Waals surface area contributed by atoms with Crippen LogP contribution in [0.25, 0.3) is 34.1 Å². The van der Waals surface area contributed by atoms with Crippen molar-refractivity contribution >= 4 is 0 Å². The second kappa shape index (κ2) is 6.88. The lowest BCUT2D eigenvalue weighted by Crippen LogP contribution is -2.00. The van der Waals surface area contributed by atoms with Crippen molar-refractivity contribution < 1.29 is 9.15 Å². The standard InChI is InChI=1S/C21H19N3O2/c1-3-24-20(15-8-10-17(25-2)11-9-15)19(16-6-4-12-22-14-16)23-21(24)18-7-5-13-26-18/h4-14H,3H2,1-2H3. The maximum absolute atomic E-state index is 5.62. The molecule has 0 radical (unpaired) electrons. The Hall–Kier alpha value is -3.34. The normalized spacial score (nSPS) is 10.8. The lowest BCUT2D eigenvalue weighted by molar-refractivity contribution is 0.415. The third-order valence-corrected chi connectivity index (χ3v) is 4.32. The van der Waals surface area contributed by atoms with Crippen molar-refractivity contribution in [3.63, 3.8) is 0 Å². The molecule has 0 aliphatic rings. The number of ether oxygens (including phenoxy) is 1. The van der Waals surface area contributed by atoms with Crippen molar-refractivity contribution in [3.8, 4) is 39.8 Å². The van der Waals surface area contributed by atoms with Gasteiger partial charge in [0, 0.05) is 30.1 Å². The molecule has 0 fully saturated rings. The van der Waals surface area contributed by atoms with Crippen LogP contribution in [0.3, 0.4) is 0 Å². The van der Waals surface area contributed by atoms with Crippen molar-refractivity contribution in [1.82, 2.24) is 14.5 Å². The number of rotatable bonds is 5. The molecular weight excluding hydrogens is 326 g/mol. The predicted octanol–water partition coefficient (Wildman–Crippen LogP) is 4.90. The summed E-state index contributed by atoms with van der Waals surface area (Å²) < 4.78 is 13.1. The summed E-state index contributed by atoms with van der Waals surface area (Å²) in [7, 11) is 1.67. The minimum absolute atomic E-state index is 0.747. The fraction of sp³-hybridized carbons (Fsp3) is 0.143. The van der Waals surface area contributed by atoms with Crippen molar-refractivity contribution in [1.29, 1.82) is 0 Å². The monoisotopic (exact) mass is 345 g/mol. The first-order chi connectivity index (χ1) is 12.8. The van der Waals surface area contributed by atoms with Crippen LogP contribution >= 0.6 is 0 Å². The quantitative estimate of drug-likeness (QED) is 0.516. The summed E-state index contributed by atoms with van der Waals surface area (Å²) in [6.45, 7) is 2.87. The van der Waals surface area contributed by atoms with Gasteiger partial charge in [-0.2, -0.15) is 0 Å². The number of imidazole rings is 1. The van der Waals surface area contributed by atoms with Gasteiger partial charge in [-0.25, -0.2) is 4.98 Å². The molecule has 0 spiro atoms. The average Bonchev–Trinajstić information content (AvgIpc) is 3.36. The molecule has 0 N–H and O–H groups in total. The van der Waals surface area contributed by atoms with Gasteiger partial charge in [-0.1, -0.05) is 0 Å². The highest BCUT2D eigenvalue weighted by atomic mass is 16.5. The Kier molecular flexibility index (Phi) is 4.27. The van der Waals surface area contributed by atoms with E-state index < -0.39 is 0 Å². The lowest BCUT2D eigenvalue weighted by Gasteiger charge is -2.11. The van der Waals surface area contributed by atoms with E-state index >= 15 is 0 Å². The molecule has 0 unspecified atom stereocenters. The second-order valence-electron chi connectivity index (χ2n) is 5.82. The highest BCUT2D eigenvalue weighted by Gasteiger charge is 2.21. The number of hydrogen-bond acceptors (Lipinski definition) is 4. The Morgan fingerprint density at radius 1 is 1.04 bits per heavy atom. The number of methoxy groups -OCH3 is 1. The Morgan fingerprint density at radius 2 is 1.88 bits per heavy atom. The minimum Gasteiger partial charge on any atom is -0.497 e. The summed E-state index contributed by atoms with van der Waals surface area (Å²) in [4.78, 5) is 9.17. The Morgan fingerprint density at radius 3 is 2.50 bits per heavy atom. The van der Waals surface area contributed by atoms with E-state index in [9.17, 15) is 0 Å². The van der Waals surface area contributed by atoms with Gasteiger partial charge >= 0.3 is 0 Å². The number of hydrogen-bond donors (Lipinski definition) is 0. The van der Waals surface area contributed by atoms with E-state index in [0.717, 1.165) is 46.4 Å². The maximum atomic E-state index is 5.62. The van der Waals surface area contributed by atoms with Crippen molar-refractivity contribution in [2.24, 2.45) is 0 Å². The lowest BCUT2D eigenvalue weighted by atomic mass is 10.1. The fourth-order valence-electron chi connectivity index (χ4n) is 3.10. The SMILES string of the molecule is CCn1c(-c2ccco2)nc(-c2cccnc2)c1-c1ccc(OC)cc1. The molecular formula is C21H19N3O2. The number of benzene rings is 1. The van der Waals surface area contributed by atoms with Gasteiger partial charge in [0.1, 0.15) is 5.75 Å². The molecule has 3 aromatic heterocycles. The molecule has 0 saturated heterocycles. The van der Waals surface area contributed by atoms with Crippen molar-refractivity contribution in [2.75, 3.05) is 7.11 Å². The molecule has 5 heteroatoms.